The molecule has 1 N–H and O–H groups in total. The third-order valence-corrected chi connectivity index (χ3v) is 4.73. The van der Waals surface area contributed by atoms with Gasteiger partial charge in [-0.15, -0.1) is 0 Å². The Morgan fingerprint density at radius 2 is 2.08 bits per heavy atom. The highest BCUT2D eigenvalue weighted by Gasteiger charge is 2.35. The highest BCUT2D eigenvalue weighted by molar-refractivity contribution is 5.85. The number of rotatable bonds is 4. The summed E-state index contributed by atoms with van der Waals surface area (Å²) >= 11 is 0. The van der Waals surface area contributed by atoms with E-state index >= 15 is 0 Å². The molecule has 0 aliphatic heterocycles. The normalized spacial score (nSPS) is 15.7. The molecule has 1 aromatic heterocycles. The third-order valence-electron chi connectivity index (χ3n) is 4.73. The fourth-order valence-corrected chi connectivity index (χ4v) is 3.35. The molecule has 0 atom stereocenters. The van der Waals surface area contributed by atoms with Crippen LogP contribution in [0.5, 0.6) is 5.75 Å². The van der Waals surface area contributed by atoms with Crippen molar-refractivity contribution in [1.29, 1.82) is 5.26 Å². The first-order valence-electron chi connectivity index (χ1n) is 8.33. The Bertz CT molecular complexity index is 917. The summed E-state index contributed by atoms with van der Waals surface area (Å²) in [6.07, 6.45) is 3.23. The maximum absolute atomic E-state index is 12.2. The summed E-state index contributed by atoms with van der Waals surface area (Å²) in [4.78, 5) is 23.8. The molecule has 1 aliphatic rings. The number of benzene rings is 1. The lowest BCUT2D eigenvalue weighted by molar-refractivity contribution is -0.124. The Balaban J connectivity index is 1.75. The van der Waals surface area contributed by atoms with Gasteiger partial charge in [0.2, 0.25) is 0 Å². The van der Waals surface area contributed by atoms with Crippen LogP contribution in [-0.2, 0) is 4.79 Å². The molecular weight excluding hydrogens is 320 g/mol. The van der Waals surface area contributed by atoms with Crippen molar-refractivity contribution >= 4 is 16.9 Å². The van der Waals surface area contributed by atoms with Crippen LogP contribution >= 0.6 is 0 Å². The van der Waals surface area contributed by atoms with E-state index in [9.17, 15) is 14.9 Å². The molecule has 2 aromatic rings. The van der Waals surface area contributed by atoms with Crippen molar-refractivity contribution in [2.75, 3.05) is 6.61 Å². The molecular formula is C19H20N2O4. The standard InChI is InChI=1S/C19H20N2O4/c1-12-9-17(23)25-18-13(2)15(6-5-14(12)18)24-10-16(22)21-19(11-20)7-3-4-8-19/h5-6,9H,3-4,7-8,10H2,1-2H3,(H,21,22). The van der Waals surface area contributed by atoms with Gasteiger partial charge in [0, 0.05) is 17.0 Å². The van der Waals surface area contributed by atoms with Crippen LogP contribution in [0.4, 0.5) is 0 Å². The molecule has 1 fully saturated rings. The van der Waals surface area contributed by atoms with Crippen LogP contribution < -0.4 is 15.7 Å². The summed E-state index contributed by atoms with van der Waals surface area (Å²) in [7, 11) is 0. The number of fused-ring (bicyclic) bond motifs is 1. The Morgan fingerprint density at radius 1 is 1.36 bits per heavy atom. The number of amides is 1. The quantitative estimate of drug-likeness (QED) is 0.864. The lowest BCUT2D eigenvalue weighted by atomic mass is 10.00. The Morgan fingerprint density at radius 3 is 2.76 bits per heavy atom. The van der Waals surface area contributed by atoms with Gasteiger partial charge in [-0.3, -0.25) is 4.79 Å². The molecule has 1 aromatic carbocycles. The minimum atomic E-state index is -0.761. The predicted octanol–water partition coefficient (Wildman–Crippen LogP) is 2.74. The smallest absolute Gasteiger partial charge is 0.336 e. The van der Waals surface area contributed by atoms with E-state index in [4.69, 9.17) is 9.15 Å². The highest BCUT2D eigenvalue weighted by atomic mass is 16.5. The van der Waals surface area contributed by atoms with Gasteiger partial charge >= 0.3 is 5.63 Å². The van der Waals surface area contributed by atoms with Crippen molar-refractivity contribution in [3.8, 4) is 11.8 Å². The summed E-state index contributed by atoms with van der Waals surface area (Å²) in [6, 6.07) is 7.23. The van der Waals surface area contributed by atoms with Crippen molar-refractivity contribution in [3.05, 3.63) is 39.7 Å². The lowest BCUT2D eigenvalue weighted by Gasteiger charge is -2.22. The van der Waals surface area contributed by atoms with Crippen LogP contribution in [0.3, 0.4) is 0 Å². The minimum absolute atomic E-state index is 0.189. The molecule has 1 aliphatic carbocycles. The molecule has 3 rings (SSSR count). The number of nitrogens with zero attached hydrogens (tertiary/aromatic N) is 1. The SMILES string of the molecule is Cc1cc(=O)oc2c(C)c(OCC(=O)NC3(C#N)CCCC3)ccc12. The molecule has 6 heteroatoms. The second kappa shape index (κ2) is 6.60. The maximum Gasteiger partial charge on any atom is 0.336 e. The predicted molar refractivity (Wildman–Crippen MR) is 92.4 cm³/mol. The average molecular weight is 340 g/mol. The van der Waals surface area contributed by atoms with Crippen LogP contribution in [0.25, 0.3) is 11.0 Å². The Kier molecular flexibility index (Phi) is 4.49. The topological polar surface area (TPSA) is 92.3 Å². The van der Waals surface area contributed by atoms with E-state index in [1.807, 2.05) is 13.0 Å². The largest absolute Gasteiger partial charge is 0.483 e. The number of nitriles is 1. The Hall–Kier alpha value is -2.81. The van der Waals surface area contributed by atoms with Gasteiger partial charge in [0.05, 0.1) is 6.07 Å². The third kappa shape index (κ3) is 3.36. The molecule has 0 unspecified atom stereocenters. The summed E-state index contributed by atoms with van der Waals surface area (Å²) in [5.74, 6) is 0.155. The summed E-state index contributed by atoms with van der Waals surface area (Å²) in [6.45, 7) is 3.44. The van der Waals surface area contributed by atoms with Gasteiger partial charge in [-0.25, -0.2) is 4.79 Å². The van der Waals surface area contributed by atoms with E-state index in [0.29, 0.717) is 29.7 Å². The Labute approximate surface area is 145 Å². The van der Waals surface area contributed by atoms with E-state index in [1.165, 1.54) is 6.07 Å². The molecule has 1 amide bonds. The van der Waals surface area contributed by atoms with E-state index in [-0.39, 0.29) is 12.5 Å². The van der Waals surface area contributed by atoms with Crippen molar-refractivity contribution in [1.82, 2.24) is 5.32 Å². The zero-order valence-corrected chi connectivity index (χ0v) is 14.3. The molecule has 1 saturated carbocycles. The number of ether oxygens (including phenoxy) is 1. The second-order valence-corrected chi connectivity index (χ2v) is 6.55. The molecule has 0 radical (unpaired) electrons. The first-order valence-corrected chi connectivity index (χ1v) is 8.33. The van der Waals surface area contributed by atoms with Gasteiger partial charge in [0.1, 0.15) is 16.9 Å². The van der Waals surface area contributed by atoms with Crippen LogP contribution in [-0.4, -0.2) is 18.1 Å². The lowest BCUT2D eigenvalue weighted by Crippen LogP contribution is -2.47. The number of nitrogens with one attached hydrogen (secondary N) is 1. The zero-order valence-electron chi connectivity index (χ0n) is 14.3. The maximum atomic E-state index is 12.2. The van der Waals surface area contributed by atoms with Gasteiger partial charge in [-0.2, -0.15) is 5.26 Å². The minimum Gasteiger partial charge on any atom is -0.483 e. The van der Waals surface area contributed by atoms with Gasteiger partial charge in [0.15, 0.2) is 6.61 Å². The van der Waals surface area contributed by atoms with Gasteiger partial charge in [-0.05, 0) is 57.2 Å². The summed E-state index contributed by atoms with van der Waals surface area (Å²) in [5, 5.41) is 12.9. The van der Waals surface area contributed by atoms with Crippen molar-refractivity contribution in [2.45, 2.75) is 45.1 Å². The van der Waals surface area contributed by atoms with E-state index in [2.05, 4.69) is 11.4 Å². The fourth-order valence-electron chi connectivity index (χ4n) is 3.35. The molecule has 0 bridgehead atoms. The number of hydrogen-bond acceptors (Lipinski definition) is 5. The summed E-state index contributed by atoms with van der Waals surface area (Å²) in [5.41, 5.74) is 0.785. The van der Waals surface area contributed by atoms with Gasteiger partial charge < -0.3 is 14.5 Å². The molecule has 0 saturated heterocycles. The van der Waals surface area contributed by atoms with Crippen LogP contribution in [0.1, 0.15) is 36.8 Å². The molecule has 1 heterocycles. The monoisotopic (exact) mass is 340 g/mol. The highest BCUT2D eigenvalue weighted by Crippen LogP contribution is 2.30. The van der Waals surface area contributed by atoms with E-state index in [0.717, 1.165) is 23.8 Å². The second-order valence-electron chi connectivity index (χ2n) is 6.55. The molecule has 130 valence electrons. The van der Waals surface area contributed by atoms with E-state index in [1.54, 1.807) is 13.0 Å². The first-order chi connectivity index (χ1) is 11.9. The van der Waals surface area contributed by atoms with Crippen molar-refractivity contribution in [2.24, 2.45) is 0 Å². The van der Waals surface area contributed by atoms with Gasteiger partial charge in [-0.1, -0.05) is 0 Å². The molecule has 25 heavy (non-hydrogen) atoms. The number of carbonyl (C=O) groups is 1. The number of hydrogen-bond donors (Lipinski definition) is 1. The van der Waals surface area contributed by atoms with Crippen molar-refractivity contribution in [3.63, 3.8) is 0 Å². The average Bonchev–Trinajstić information content (AvgIpc) is 3.04. The first kappa shape index (κ1) is 17.0. The van der Waals surface area contributed by atoms with Crippen molar-refractivity contribution < 1.29 is 13.9 Å². The fraction of sp³-hybridized carbons (Fsp3) is 0.421. The van der Waals surface area contributed by atoms with Crippen LogP contribution in [0, 0.1) is 25.2 Å². The summed E-state index contributed by atoms with van der Waals surface area (Å²) < 4.78 is 10.9. The zero-order chi connectivity index (χ0) is 18.0. The van der Waals surface area contributed by atoms with Crippen LogP contribution in [0.2, 0.25) is 0 Å². The number of carbonyl (C=O) groups excluding carboxylic acids is 1. The number of aryl methyl sites for hydroxylation is 2. The van der Waals surface area contributed by atoms with E-state index < -0.39 is 11.2 Å². The molecule has 6 nitrogen and oxygen atoms in total. The van der Waals surface area contributed by atoms with Crippen LogP contribution in [0.15, 0.2) is 27.4 Å². The van der Waals surface area contributed by atoms with Gasteiger partial charge in [0.25, 0.3) is 5.91 Å². The molecule has 0 spiro atoms.